The summed E-state index contributed by atoms with van der Waals surface area (Å²) in [4.78, 5) is 13.3. The highest BCUT2D eigenvalue weighted by molar-refractivity contribution is 5.82. The Balaban J connectivity index is 1.42. The van der Waals surface area contributed by atoms with Crippen LogP contribution in [0.25, 0.3) is 0 Å². The number of rotatable bonds is 7. The molecular weight excluding hydrogens is 338 g/mol. The first-order valence-electron chi connectivity index (χ1n) is 9.63. The molecule has 2 aromatic rings. The Morgan fingerprint density at radius 1 is 1.07 bits per heavy atom. The molecule has 0 aromatic heterocycles. The summed E-state index contributed by atoms with van der Waals surface area (Å²) in [5, 5.41) is 4.06. The summed E-state index contributed by atoms with van der Waals surface area (Å²) < 4.78 is 5.80. The van der Waals surface area contributed by atoms with Crippen molar-refractivity contribution in [1.82, 2.24) is 5.43 Å². The molecule has 1 amide bonds. The van der Waals surface area contributed by atoms with Crippen molar-refractivity contribution in [3.8, 4) is 5.75 Å². The largest absolute Gasteiger partial charge is 0.489 e. The number of hydrazone groups is 1. The minimum Gasteiger partial charge on any atom is -0.489 e. The molecule has 142 valence electrons. The number of hydrogen-bond donors (Lipinski definition) is 2. The van der Waals surface area contributed by atoms with Crippen LogP contribution < -0.4 is 15.1 Å². The fourth-order valence-electron chi connectivity index (χ4n) is 3.18. The van der Waals surface area contributed by atoms with E-state index in [4.69, 9.17) is 4.74 Å². The summed E-state index contributed by atoms with van der Waals surface area (Å²) in [5.74, 6) is 0.784. The number of nitrogens with zero attached hydrogens (tertiary/aromatic N) is 1. The lowest BCUT2D eigenvalue weighted by atomic mass is 10.1. The summed E-state index contributed by atoms with van der Waals surface area (Å²) in [6, 6.07) is 16.0. The molecule has 1 aliphatic heterocycles. The van der Waals surface area contributed by atoms with E-state index >= 15 is 0 Å². The molecule has 1 fully saturated rings. The number of carbonyl (C=O) groups is 1. The first kappa shape index (κ1) is 19.1. The Morgan fingerprint density at radius 3 is 2.48 bits per heavy atom. The van der Waals surface area contributed by atoms with Gasteiger partial charge in [0.05, 0.1) is 19.3 Å². The van der Waals surface area contributed by atoms with Crippen molar-refractivity contribution in [3.63, 3.8) is 0 Å². The molecule has 27 heavy (non-hydrogen) atoms. The summed E-state index contributed by atoms with van der Waals surface area (Å²) in [6.07, 6.45) is 5.37. The molecule has 0 bridgehead atoms. The van der Waals surface area contributed by atoms with Gasteiger partial charge in [-0.2, -0.15) is 5.10 Å². The Bertz CT molecular complexity index is 748. The highest BCUT2D eigenvalue weighted by atomic mass is 16.5. The van der Waals surface area contributed by atoms with Crippen LogP contribution in [-0.4, -0.2) is 31.8 Å². The third-order valence-corrected chi connectivity index (χ3v) is 4.78. The second kappa shape index (κ2) is 9.88. The Hall–Kier alpha value is -2.66. The monoisotopic (exact) mass is 366 g/mol. The molecule has 0 saturated carbocycles. The van der Waals surface area contributed by atoms with E-state index in [1.54, 1.807) is 6.21 Å². The topological polar surface area (TPSA) is 55.1 Å². The van der Waals surface area contributed by atoms with Crippen molar-refractivity contribution >= 4 is 12.1 Å². The third-order valence-electron chi connectivity index (χ3n) is 4.78. The molecule has 0 unspecified atom stereocenters. The molecule has 1 saturated heterocycles. The molecule has 0 atom stereocenters. The van der Waals surface area contributed by atoms with E-state index in [2.05, 4.69) is 41.7 Å². The van der Waals surface area contributed by atoms with Crippen LogP contribution in [0.3, 0.4) is 0 Å². The fourth-order valence-corrected chi connectivity index (χ4v) is 3.18. The van der Waals surface area contributed by atoms with Crippen LogP contribution in [0.15, 0.2) is 53.6 Å². The van der Waals surface area contributed by atoms with Crippen LogP contribution in [0.2, 0.25) is 0 Å². The van der Waals surface area contributed by atoms with Gasteiger partial charge >= 0.3 is 0 Å². The highest BCUT2D eigenvalue weighted by Crippen LogP contribution is 2.14. The smallest absolute Gasteiger partial charge is 0.295 e. The number of quaternary nitrogens is 1. The van der Waals surface area contributed by atoms with Crippen molar-refractivity contribution in [2.75, 3.05) is 19.6 Å². The molecular formula is C22H28N3O2+. The molecule has 3 rings (SSSR count). The standard InChI is InChI=1S/C22H27N3O2/c1-18-5-7-20(8-6-18)17-27-21-11-9-19(10-12-21)15-23-24-22(26)16-25-13-3-2-4-14-25/h5-12,15H,2-4,13-14,16-17H2,1H3,(H,24,26)/p+1/b23-15-. The zero-order valence-corrected chi connectivity index (χ0v) is 15.9. The van der Waals surface area contributed by atoms with E-state index in [0.717, 1.165) is 30.0 Å². The number of piperidine rings is 1. The molecule has 1 heterocycles. The van der Waals surface area contributed by atoms with Gasteiger partial charge in [-0.3, -0.25) is 4.79 Å². The van der Waals surface area contributed by atoms with Gasteiger partial charge in [0.2, 0.25) is 0 Å². The Kier molecular flexibility index (Phi) is 6.99. The number of benzene rings is 2. The van der Waals surface area contributed by atoms with Crippen molar-refractivity contribution in [2.45, 2.75) is 32.8 Å². The maximum absolute atomic E-state index is 11.9. The zero-order chi connectivity index (χ0) is 18.9. The first-order chi connectivity index (χ1) is 13.2. The minimum absolute atomic E-state index is 0.0267. The molecule has 5 nitrogen and oxygen atoms in total. The lowest BCUT2D eigenvalue weighted by Gasteiger charge is -2.22. The summed E-state index contributed by atoms with van der Waals surface area (Å²) in [7, 11) is 0. The predicted molar refractivity (Wildman–Crippen MR) is 107 cm³/mol. The fraction of sp³-hybridized carbons (Fsp3) is 0.364. The van der Waals surface area contributed by atoms with Crippen LogP contribution in [0, 0.1) is 6.92 Å². The summed E-state index contributed by atoms with van der Waals surface area (Å²) in [5.41, 5.74) is 5.93. The Morgan fingerprint density at radius 2 is 1.78 bits per heavy atom. The van der Waals surface area contributed by atoms with Crippen molar-refractivity contribution in [3.05, 3.63) is 65.2 Å². The second-order valence-corrected chi connectivity index (χ2v) is 7.12. The van der Waals surface area contributed by atoms with Crippen LogP contribution in [0.4, 0.5) is 0 Å². The zero-order valence-electron chi connectivity index (χ0n) is 15.9. The van der Waals surface area contributed by atoms with Crippen LogP contribution in [-0.2, 0) is 11.4 Å². The molecule has 0 spiro atoms. The molecule has 2 aromatic carbocycles. The van der Waals surface area contributed by atoms with Gasteiger partial charge in [0, 0.05) is 0 Å². The average molecular weight is 366 g/mol. The molecule has 0 radical (unpaired) electrons. The first-order valence-corrected chi connectivity index (χ1v) is 9.63. The normalized spacial score (nSPS) is 15.0. The number of aryl methyl sites for hydroxylation is 1. The van der Waals surface area contributed by atoms with Gasteiger partial charge in [-0.05, 0) is 61.6 Å². The van der Waals surface area contributed by atoms with E-state index in [0.29, 0.717) is 13.2 Å². The van der Waals surface area contributed by atoms with E-state index in [1.807, 2.05) is 24.3 Å². The van der Waals surface area contributed by atoms with Gasteiger partial charge in [-0.25, -0.2) is 5.43 Å². The maximum atomic E-state index is 11.9. The number of carbonyl (C=O) groups excluding carboxylic acids is 1. The second-order valence-electron chi connectivity index (χ2n) is 7.12. The quantitative estimate of drug-likeness (QED) is 0.582. The van der Waals surface area contributed by atoms with Crippen LogP contribution in [0.5, 0.6) is 5.75 Å². The van der Waals surface area contributed by atoms with Crippen LogP contribution in [0.1, 0.15) is 36.0 Å². The third kappa shape index (κ3) is 6.53. The van der Waals surface area contributed by atoms with Gasteiger partial charge in [0.1, 0.15) is 12.4 Å². The molecule has 5 heteroatoms. The Labute approximate surface area is 161 Å². The van der Waals surface area contributed by atoms with E-state index in [1.165, 1.54) is 29.7 Å². The van der Waals surface area contributed by atoms with Gasteiger partial charge in [-0.1, -0.05) is 29.8 Å². The van der Waals surface area contributed by atoms with Crippen molar-refractivity contribution < 1.29 is 14.4 Å². The highest BCUT2D eigenvalue weighted by Gasteiger charge is 2.16. The van der Waals surface area contributed by atoms with Gasteiger partial charge in [-0.15, -0.1) is 0 Å². The summed E-state index contributed by atoms with van der Waals surface area (Å²) in [6.45, 7) is 5.29. The summed E-state index contributed by atoms with van der Waals surface area (Å²) >= 11 is 0. The lowest BCUT2D eigenvalue weighted by Crippen LogP contribution is -3.13. The number of amides is 1. The van der Waals surface area contributed by atoms with Gasteiger partial charge in [0.25, 0.3) is 5.91 Å². The predicted octanol–water partition coefficient (Wildman–Crippen LogP) is 2.09. The number of ether oxygens (including phenoxy) is 1. The molecule has 1 aliphatic rings. The minimum atomic E-state index is -0.0267. The van der Waals surface area contributed by atoms with Gasteiger partial charge in [0.15, 0.2) is 6.54 Å². The van der Waals surface area contributed by atoms with Crippen molar-refractivity contribution in [2.24, 2.45) is 5.10 Å². The van der Waals surface area contributed by atoms with Crippen LogP contribution >= 0.6 is 0 Å². The van der Waals surface area contributed by atoms with Gasteiger partial charge < -0.3 is 9.64 Å². The maximum Gasteiger partial charge on any atom is 0.295 e. The van der Waals surface area contributed by atoms with E-state index in [9.17, 15) is 4.79 Å². The lowest BCUT2D eigenvalue weighted by molar-refractivity contribution is -0.896. The molecule has 2 N–H and O–H groups in total. The average Bonchev–Trinajstić information content (AvgIpc) is 2.69. The number of hydrogen-bond acceptors (Lipinski definition) is 3. The van der Waals surface area contributed by atoms with Crippen molar-refractivity contribution in [1.29, 1.82) is 0 Å². The van der Waals surface area contributed by atoms with E-state index < -0.39 is 0 Å². The SMILES string of the molecule is Cc1ccc(COc2ccc(/C=N\NC(=O)C[NH+]3CCCCC3)cc2)cc1. The molecule has 0 aliphatic carbocycles. The number of likely N-dealkylation sites (tertiary alicyclic amines) is 1. The number of nitrogens with one attached hydrogen (secondary N) is 2. The van der Waals surface area contributed by atoms with E-state index in [-0.39, 0.29) is 5.91 Å².